The molecule has 1 unspecified atom stereocenters. The molecule has 18 heavy (non-hydrogen) atoms. The Morgan fingerprint density at radius 2 is 2.17 bits per heavy atom. The number of methoxy groups -OCH3 is 1. The van der Waals surface area contributed by atoms with Crippen LogP contribution in [0.2, 0.25) is 0 Å². The van der Waals surface area contributed by atoms with Gasteiger partial charge in [0.15, 0.2) is 0 Å². The SMILES string of the molecule is COCCNCCNC(=O)C1CC(=O)N(C)C1.Cl. The van der Waals surface area contributed by atoms with E-state index in [4.69, 9.17) is 4.74 Å². The van der Waals surface area contributed by atoms with Crippen LogP contribution in [0.25, 0.3) is 0 Å². The molecule has 1 aliphatic heterocycles. The number of ether oxygens (including phenoxy) is 1. The molecule has 0 aliphatic carbocycles. The maximum atomic E-state index is 11.7. The third kappa shape index (κ3) is 5.66. The Kier molecular flexibility index (Phi) is 8.70. The van der Waals surface area contributed by atoms with Gasteiger partial charge in [0, 0.05) is 46.8 Å². The van der Waals surface area contributed by atoms with Gasteiger partial charge < -0.3 is 20.3 Å². The van der Waals surface area contributed by atoms with Gasteiger partial charge >= 0.3 is 0 Å². The average Bonchev–Trinajstić information content (AvgIpc) is 2.64. The highest BCUT2D eigenvalue weighted by atomic mass is 35.5. The molecule has 1 atom stereocenters. The fraction of sp³-hybridized carbons (Fsp3) is 0.818. The highest BCUT2D eigenvalue weighted by Crippen LogP contribution is 2.15. The largest absolute Gasteiger partial charge is 0.383 e. The third-order valence-corrected chi connectivity index (χ3v) is 2.80. The normalized spacial score (nSPS) is 18.7. The van der Waals surface area contributed by atoms with Crippen LogP contribution in [0.15, 0.2) is 0 Å². The maximum Gasteiger partial charge on any atom is 0.225 e. The van der Waals surface area contributed by atoms with Gasteiger partial charge in [-0.15, -0.1) is 12.4 Å². The van der Waals surface area contributed by atoms with Crippen molar-refractivity contribution in [3.63, 3.8) is 0 Å². The number of nitrogens with one attached hydrogen (secondary N) is 2. The van der Waals surface area contributed by atoms with Gasteiger partial charge in [-0.25, -0.2) is 0 Å². The lowest BCUT2D eigenvalue weighted by molar-refractivity contribution is -0.128. The number of rotatable bonds is 7. The van der Waals surface area contributed by atoms with Gasteiger partial charge in [-0.05, 0) is 0 Å². The Morgan fingerprint density at radius 1 is 1.44 bits per heavy atom. The third-order valence-electron chi connectivity index (χ3n) is 2.80. The van der Waals surface area contributed by atoms with E-state index in [2.05, 4.69) is 10.6 Å². The molecule has 0 aromatic heterocycles. The van der Waals surface area contributed by atoms with E-state index in [9.17, 15) is 9.59 Å². The Bertz CT molecular complexity index is 276. The predicted molar refractivity (Wildman–Crippen MR) is 70.7 cm³/mol. The summed E-state index contributed by atoms with van der Waals surface area (Å²) in [6, 6.07) is 0. The second-order valence-electron chi connectivity index (χ2n) is 4.21. The first-order valence-corrected chi connectivity index (χ1v) is 5.86. The molecule has 2 amide bonds. The van der Waals surface area contributed by atoms with Crippen molar-refractivity contribution >= 4 is 24.2 Å². The first-order chi connectivity index (χ1) is 8.15. The summed E-state index contributed by atoms with van der Waals surface area (Å²) >= 11 is 0. The molecular formula is C11H22ClN3O3. The van der Waals surface area contributed by atoms with E-state index >= 15 is 0 Å². The number of likely N-dealkylation sites (tertiary alicyclic amines) is 1. The maximum absolute atomic E-state index is 11.7. The fourth-order valence-corrected chi connectivity index (χ4v) is 1.76. The molecule has 0 bridgehead atoms. The Morgan fingerprint density at radius 3 is 2.72 bits per heavy atom. The van der Waals surface area contributed by atoms with Gasteiger partial charge in [0.25, 0.3) is 0 Å². The molecule has 2 N–H and O–H groups in total. The summed E-state index contributed by atoms with van der Waals surface area (Å²) < 4.78 is 4.88. The quantitative estimate of drug-likeness (QED) is 0.601. The van der Waals surface area contributed by atoms with Crippen LogP contribution in [-0.2, 0) is 14.3 Å². The van der Waals surface area contributed by atoms with Gasteiger partial charge in [0.2, 0.25) is 11.8 Å². The highest BCUT2D eigenvalue weighted by molar-refractivity contribution is 5.89. The van der Waals surface area contributed by atoms with Gasteiger partial charge in [-0.3, -0.25) is 9.59 Å². The first kappa shape index (κ1) is 17.2. The molecule has 106 valence electrons. The van der Waals surface area contributed by atoms with Crippen molar-refractivity contribution < 1.29 is 14.3 Å². The lowest BCUT2D eigenvalue weighted by atomic mass is 10.1. The van der Waals surface area contributed by atoms with Crippen molar-refractivity contribution in [3.8, 4) is 0 Å². The summed E-state index contributed by atoms with van der Waals surface area (Å²) in [6.45, 7) is 3.26. The average molecular weight is 280 g/mol. The summed E-state index contributed by atoms with van der Waals surface area (Å²) in [5.41, 5.74) is 0. The Labute approximate surface area is 114 Å². The zero-order valence-electron chi connectivity index (χ0n) is 10.9. The lowest BCUT2D eigenvalue weighted by Gasteiger charge is -2.11. The van der Waals surface area contributed by atoms with Crippen molar-refractivity contribution in [1.82, 2.24) is 15.5 Å². The zero-order chi connectivity index (χ0) is 12.7. The van der Waals surface area contributed by atoms with Gasteiger partial charge in [-0.1, -0.05) is 0 Å². The van der Waals surface area contributed by atoms with E-state index in [-0.39, 0.29) is 30.1 Å². The second-order valence-corrected chi connectivity index (χ2v) is 4.21. The van der Waals surface area contributed by atoms with Crippen molar-refractivity contribution in [2.75, 3.05) is 46.9 Å². The van der Waals surface area contributed by atoms with Crippen LogP contribution >= 0.6 is 12.4 Å². The number of hydrogen-bond acceptors (Lipinski definition) is 4. The zero-order valence-corrected chi connectivity index (χ0v) is 11.7. The van der Waals surface area contributed by atoms with Crippen LogP contribution in [-0.4, -0.2) is 63.7 Å². The highest BCUT2D eigenvalue weighted by Gasteiger charge is 2.31. The molecule has 0 radical (unpaired) electrons. The minimum Gasteiger partial charge on any atom is -0.383 e. The van der Waals surface area contributed by atoms with E-state index in [1.165, 1.54) is 0 Å². The fourth-order valence-electron chi connectivity index (χ4n) is 1.76. The van der Waals surface area contributed by atoms with E-state index in [0.717, 1.165) is 6.54 Å². The Hall–Kier alpha value is -0.850. The van der Waals surface area contributed by atoms with Crippen molar-refractivity contribution in [1.29, 1.82) is 0 Å². The second kappa shape index (κ2) is 9.13. The molecule has 0 spiro atoms. The molecule has 1 saturated heterocycles. The molecule has 1 aliphatic rings. The van der Waals surface area contributed by atoms with Crippen molar-refractivity contribution in [2.45, 2.75) is 6.42 Å². The molecular weight excluding hydrogens is 258 g/mol. The minimum atomic E-state index is -0.188. The summed E-state index contributed by atoms with van der Waals surface area (Å²) in [5.74, 6) is -0.175. The van der Waals surface area contributed by atoms with Gasteiger partial charge in [0.1, 0.15) is 0 Å². The smallest absolute Gasteiger partial charge is 0.225 e. The summed E-state index contributed by atoms with van der Waals surface area (Å²) in [4.78, 5) is 24.5. The van der Waals surface area contributed by atoms with Crippen molar-refractivity contribution in [2.24, 2.45) is 5.92 Å². The number of amides is 2. The molecule has 1 fully saturated rings. The van der Waals surface area contributed by atoms with Crippen molar-refractivity contribution in [3.05, 3.63) is 0 Å². The molecule has 6 nitrogen and oxygen atoms in total. The molecule has 0 aromatic carbocycles. The number of nitrogens with zero attached hydrogens (tertiary/aromatic N) is 1. The van der Waals surface area contributed by atoms with Crippen LogP contribution in [0.4, 0.5) is 0 Å². The standard InChI is InChI=1S/C11H21N3O3.ClH/c1-14-8-9(7-10(14)15)11(16)13-4-3-12-5-6-17-2;/h9,12H,3-8H2,1-2H3,(H,13,16);1H. The lowest BCUT2D eigenvalue weighted by Crippen LogP contribution is -2.37. The number of halogens is 1. The van der Waals surface area contributed by atoms with E-state index in [1.54, 1.807) is 19.1 Å². The van der Waals surface area contributed by atoms with Crippen LogP contribution in [0, 0.1) is 5.92 Å². The molecule has 0 saturated carbocycles. The predicted octanol–water partition coefficient (Wildman–Crippen LogP) is -0.761. The van der Waals surface area contributed by atoms with Crippen LogP contribution < -0.4 is 10.6 Å². The van der Waals surface area contributed by atoms with Crippen LogP contribution in [0.1, 0.15) is 6.42 Å². The first-order valence-electron chi connectivity index (χ1n) is 5.86. The summed E-state index contributed by atoms with van der Waals surface area (Å²) in [7, 11) is 3.37. The van der Waals surface area contributed by atoms with E-state index < -0.39 is 0 Å². The van der Waals surface area contributed by atoms with Gasteiger partial charge in [-0.2, -0.15) is 0 Å². The van der Waals surface area contributed by atoms with E-state index in [0.29, 0.717) is 32.7 Å². The number of carbonyl (C=O) groups is 2. The Balaban J connectivity index is 0.00000289. The molecule has 7 heteroatoms. The number of carbonyl (C=O) groups excluding carboxylic acids is 2. The summed E-state index contributed by atoms with van der Waals surface area (Å²) in [6.07, 6.45) is 0.333. The molecule has 1 heterocycles. The van der Waals surface area contributed by atoms with Gasteiger partial charge in [0.05, 0.1) is 12.5 Å². The summed E-state index contributed by atoms with van der Waals surface area (Å²) in [5, 5.41) is 5.95. The van der Waals surface area contributed by atoms with Crippen LogP contribution in [0.3, 0.4) is 0 Å². The van der Waals surface area contributed by atoms with E-state index in [1.807, 2.05) is 0 Å². The monoisotopic (exact) mass is 279 g/mol. The van der Waals surface area contributed by atoms with Crippen LogP contribution in [0.5, 0.6) is 0 Å². The molecule has 1 rings (SSSR count). The molecule has 0 aromatic rings. The topological polar surface area (TPSA) is 70.7 Å². The number of hydrogen-bond donors (Lipinski definition) is 2. The minimum absolute atomic E-state index is 0.